The van der Waals surface area contributed by atoms with Crippen molar-refractivity contribution in [2.45, 2.75) is 0 Å². The Morgan fingerprint density at radius 1 is 1.05 bits per heavy atom. The molecule has 0 unspecified atom stereocenters. The van der Waals surface area contributed by atoms with Gasteiger partial charge in [-0.1, -0.05) is 0 Å². The van der Waals surface area contributed by atoms with Crippen molar-refractivity contribution < 1.29 is 9.90 Å². The van der Waals surface area contributed by atoms with E-state index >= 15 is 0 Å². The number of rotatable bonds is 3. The Labute approximate surface area is 120 Å². The Morgan fingerprint density at radius 2 is 1.77 bits per heavy atom. The van der Waals surface area contributed by atoms with Crippen LogP contribution in [0.2, 0.25) is 0 Å². The van der Waals surface area contributed by atoms with E-state index < -0.39 is 17.2 Å². The average Bonchev–Trinajstić information content (AvgIpc) is 2.89. The number of carboxylic acid groups (broad SMARTS) is 1. The van der Waals surface area contributed by atoms with Crippen LogP contribution in [0.4, 0.5) is 11.6 Å². The Balaban J connectivity index is 1.92. The van der Waals surface area contributed by atoms with Crippen molar-refractivity contribution in [1.29, 1.82) is 0 Å². The number of nitrogens with zero attached hydrogens (tertiary/aromatic N) is 3. The smallest absolute Gasteiger partial charge is 0.335 e. The maximum absolute atomic E-state index is 11.5. The minimum atomic E-state index is -1.04. The molecular weight excluding hydrogens is 292 g/mol. The van der Waals surface area contributed by atoms with Crippen molar-refractivity contribution in [1.82, 2.24) is 19.9 Å². The molecule has 2 heterocycles. The Bertz CT molecular complexity index is 995. The molecule has 4 N–H and O–H groups in total. The first kappa shape index (κ1) is 13.4. The van der Waals surface area contributed by atoms with E-state index in [-0.39, 0.29) is 22.7 Å². The number of carbonyl (C=O) groups is 1. The van der Waals surface area contributed by atoms with Crippen molar-refractivity contribution in [3.8, 4) is 0 Å². The zero-order valence-electron chi connectivity index (χ0n) is 10.8. The maximum Gasteiger partial charge on any atom is 0.335 e. The van der Waals surface area contributed by atoms with Gasteiger partial charge in [-0.05, 0) is 24.3 Å². The van der Waals surface area contributed by atoms with Crippen molar-refractivity contribution in [2.75, 3.05) is 0 Å². The van der Waals surface area contributed by atoms with Crippen LogP contribution in [0.25, 0.3) is 11.2 Å². The zero-order valence-corrected chi connectivity index (χ0v) is 10.8. The van der Waals surface area contributed by atoms with Crippen LogP contribution in [0.3, 0.4) is 0 Å². The second-order valence-electron chi connectivity index (χ2n) is 4.24. The number of benzene rings is 1. The number of fused-ring (bicyclic) bond motifs is 1. The molecule has 110 valence electrons. The molecule has 0 bridgehead atoms. The highest BCUT2D eigenvalue weighted by molar-refractivity contribution is 5.87. The summed E-state index contributed by atoms with van der Waals surface area (Å²) in [6.45, 7) is 0. The first-order valence-corrected chi connectivity index (χ1v) is 6.00. The van der Waals surface area contributed by atoms with Gasteiger partial charge in [-0.2, -0.15) is 4.98 Å². The summed E-state index contributed by atoms with van der Waals surface area (Å²) in [5.41, 5.74) is -0.589. The zero-order chi connectivity index (χ0) is 15.7. The number of H-pyrrole nitrogens is 3. The predicted molar refractivity (Wildman–Crippen MR) is 74.9 cm³/mol. The molecule has 0 aliphatic rings. The molecule has 0 aliphatic carbocycles. The van der Waals surface area contributed by atoms with E-state index in [1.807, 2.05) is 0 Å². The monoisotopic (exact) mass is 300 g/mol. The quantitative estimate of drug-likeness (QED) is 0.532. The minimum absolute atomic E-state index is 0.0321. The lowest BCUT2D eigenvalue weighted by atomic mass is 10.2. The van der Waals surface area contributed by atoms with Crippen LogP contribution in [0, 0.1) is 0 Å². The summed E-state index contributed by atoms with van der Waals surface area (Å²) in [6, 6.07) is 5.73. The third-order valence-electron chi connectivity index (χ3n) is 2.75. The lowest BCUT2D eigenvalue weighted by Crippen LogP contribution is -2.21. The number of hydrogen-bond acceptors (Lipinski definition) is 6. The summed E-state index contributed by atoms with van der Waals surface area (Å²) in [7, 11) is 0. The van der Waals surface area contributed by atoms with Crippen LogP contribution >= 0.6 is 0 Å². The number of nitrogens with one attached hydrogen (secondary N) is 3. The van der Waals surface area contributed by atoms with Gasteiger partial charge in [0.2, 0.25) is 5.95 Å². The van der Waals surface area contributed by atoms with Gasteiger partial charge in [-0.3, -0.25) is 14.8 Å². The first-order chi connectivity index (χ1) is 10.5. The van der Waals surface area contributed by atoms with Gasteiger partial charge in [0, 0.05) is 0 Å². The SMILES string of the molecule is O=C(O)c1ccc(N=Nc2nc3[nH]c(=O)[nH]c(=O)c3[nH]2)cc1. The Hall–Kier alpha value is -3.56. The summed E-state index contributed by atoms with van der Waals surface area (Å²) in [5, 5.41) is 16.4. The molecule has 0 fully saturated rings. The lowest BCUT2D eigenvalue weighted by Gasteiger charge is -1.93. The van der Waals surface area contributed by atoms with Crippen LogP contribution in [-0.2, 0) is 0 Å². The first-order valence-electron chi connectivity index (χ1n) is 6.00. The van der Waals surface area contributed by atoms with Crippen molar-refractivity contribution in [3.05, 3.63) is 50.7 Å². The molecule has 0 spiro atoms. The van der Waals surface area contributed by atoms with Crippen LogP contribution < -0.4 is 11.2 Å². The van der Waals surface area contributed by atoms with Crippen molar-refractivity contribution in [3.63, 3.8) is 0 Å². The molecule has 0 saturated carbocycles. The van der Waals surface area contributed by atoms with Gasteiger partial charge >= 0.3 is 11.7 Å². The number of hydrogen-bond donors (Lipinski definition) is 4. The number of imidazole rings is 1. The molecule has 0 amide bonds. The number of aromatic nitrogens is 4. The average molecular weight is 300 g/mol. The van der Waals surface area contributed by atoms with Crippen LogP contribution in [0.1, 0.15) is 10.4 Å². The molecule has 3 aromatic rings. The normalized spacial score (nSPS) is 11.3. The van der Waals surface area contributed by atoms with Crippen LogP contribution in [-0.4, -0.2) is 31.0 Å². The highest BCUT2D eigenvalue weighted by atomic mass is 16.4. The van der Waals surface area contributed by atoms with E-state index in [1.165, 1.54) is 24.3 Å². The maximum atomic E-state index is 11.5. The molecule has 3 rings (SSSR count). The molecule has 10 nitrogen and oxygen atoms in total. The van der Waals surface area contributed by atoms with Crippen LogP contribution in [0.15, 0.2) is 44.1 Å². The molecule has 0 aliphatic heterocycles. The van der Waals surface area contributed by atoms with Crippen molar-refractivity contribution in [2.24, 2.45) is 10.2 Å². The third-order valence-corrected chi connectivity index (χ3v) is 2.75. The Kier molecular flexibility index (Phi) is 3.10. The topological polar surface area (TPSA) is 156 Å². The highest BCUT2D eigenvalue weighted by Crippen LogP contribution is 2.17. The van der Waals surface area contributed by atoms with Gasteiger partial charge < -0.3 is 10.1 Å². The summed E-state index contributed by atoms with van der Waals surface area (Å²) < 4.78 is 0. The fourth-order valence-corrected chi connectivity index (χ4v) is 1.74. The van der Waals surface area contributed by atoms with Crippen LogP contribution in [0.5, 0.6) is 0 Å². The summed E-state index contributed by atoms with van der Waals surface area (Å²) in [5.74, 6) is -1.01. The van der Waals surface area contributed by atoms with E-state index in [2.05, 4.69) is 30.2 Å². The highest BCUT2D eigenvalue weighted by Gasteiger charge is 2.07. The third kappa shape index (κ3) is 2.52. The Morgan fingerprint density at radius 3 is 2.45 bits per heavy atom. The van der Waals surface area contributed by atoms with E-state index in [0.29, 0.717) is 5.69 Å². The van der Waals surface area contributed by atoms with E-state index in [4.69, 9.17) is 5.11 Å². The molecule has 22 heavy (non-hydrogen) atoms. The predicted octanol–water partition coefficient (Wildman–Crippen LogP) is 1.05. The minimum Gasteiger partial charge on any atom is -0.478 e. The fraction of sp³-hybridized carbons (Fsp3) is 0. The molecule has 0 radical (unpaired) electrons. The molecule has 0 atom stereocenters. The summed E-state index contributed by atoms with van der Waals surface area (Å²) in [4.78, 5) is 44.3. The summed E-state index contributed by atoms with van der Waals surface area (Å²) in [6.07, 6.45) is 0. The fourth-order valence-electron chi connectivity index (χ4n) is 1.74. The largest absolute Gasteiger partial charge is 0.478 e. The summed E-state index contributed by atoms with van der Waals surface area (Å²) >= 11 is 0. The van der Waals surface area contributed by atoms with E-state index in [1.54, 1.807) is 0 Å². The lowest BCUT2D eigenvalue weighted by molar-refractivity contribution is 0.0697. The number of carboxylic acids is 1. The van der Waals surface area contributed by atoms with Crippen molar-refractivity contribution >= 4 is 28.8 Å². The second-order valence-corrected chi connectivity index (χ2v) is 4.24. The molecule has 2 aromatic heterocycles. The molecular formula is C12H8N6O4. The second kappa shape index (κ2) is 5.09. The molecule has 10 heteroatoms. The number of aromatic amines is 3. The van der Waals surface area contributed by atoms with Gasteiger partial charge in [0.1, 0.15) is 0 Å². The van der Waals surface area contributed by atoms with Gasteiger partial charge in [-0.25, -0.2) is 9.59 Å². The molecule has 1 aromatic carbocycles. The van der Waals surface area contributed by atoms with E-state index in [0.717, 1.165) is 0 Å². The van der Waals surface area contributed by atoms with E-state index in [9.17, 15) is 14.4 Å². The van der Waals surface area contributed by atoms with Gasteiger partial charge in [-0.15, -0.1) is 10.2 Å². The van der Waals surface area contributed by atoms with Gasteiger partial charge in [0.25, 0.3) is 5.56 Å². The number of azo groups is 1. The van der Waals surface area contributed by atoms with Gasteiger partial charge in [0.15, 0.2) is 11.2 Å². The molecule has 0 saturated heterocycles. The standard InChI is InChI=1S/C12H8N6O4/c19-9-7-8(15-12(22)16-9)14-11(13-7)18-17-6-3-1-5(2-4-6)10(20)21/h1-4H,(H,20,21)(H3,13,14,15,16,19,22). The number of aromatic carboxylic acids is 1. The van der Waals surface area contributed by atoms with Gasteiger partial charge in [0.05, 0.1) is 11.3 Å².